The van der Waals surface area contributed by atoms with E-state index >= 15 is 0 Å². The molecule has 0 aliphatic carbocycles. The number of anilines is 1. The van der Waals surface area contributed by atoms with Crippen LogP contribution in [0.2, 0.25) is 0 Å². The van der Waals surface area contributed by atoms with Crippen LogP contribution in [-0.2, 0) is 11.2 Å². The van der Waals surface area contributed by atoms with Gasteiger partial charge in [0.25, 0.3) is 5.56 Å². The second kappa shape index (κ2) is 10.0. The second-order valence-corrected chi connectivity index (χ2v) is 9.06. The zero-order valence-corrected chi connectivity index (χ0v) is 19.4. The van der Waals surface area contributed by atoms with Gasteiger partial charge in [-0.05, 0) is 48.5 Å². The lowest BCUT2D eigenvalue weighted by Gasteiger charge is -2.15. The SMILES string of the molecule is COc1ccc(NC(=O)CSc2nc3c(c(=O)n2-c2ccc(OC(F)(F)F)cc2)SCC3)cc1. The Morgan fingerprint density at radius 1 is 1.15 bits per heavy atom. The average Bonchev–Trinajstić information content (AvgIpc) is 3.27. The average molecular weight is 510 g/mol. The van der Waals surface area contributed by atoms with Gasteiger partial charge in [-0.2, -0.15) is 0 Å². The fourth-order valence-corrected chi connectivity index (χ4v) is 5.07. The molecule has 0 saturated heterocycles. The number of alkyl halides is 3. The summed E-state index contributed by atoms with van der Waals surface area (Å²) in [5, 5.41) is 3.04. The van der Waals surface area contributed by atoms with E-state index in [0.717, 1.165) is 23.9 Å². The number of aromatic nitrogens is 2. The Balaban J connectivity index is 1.56. The van der Waals surface area contributed by atoms with Crippen LogP contribution in [-0.4, -0.2) is 40.4 Å². The maximum Gasteiger partial charge on any atom is 0.573 e. The van der Waals surface area contributed by atoms with Crippen molar-refractivity contribution in [3.05, 3.63) is 64.6 Å². The summed E-state index contributed by atoms with van der Waals surface area (Å²) in [7, 11) is 1.54. The van der Waals surface area contributed by atoms with Gasteiger partial charge in [0.2, 0.25) is 5.91 Å². The first-order chi connectivity index (χ1) is 16.2. The summed E-state index contributed by atoms with van der Waals surface area (Å²) in [4.78, 5) is 30.7. The molecule has 0 unspecified atom stereocenters. The molecule has 2 aromatic carbocycles. The molecule has 0 radical (unpaired) electrons. The van der Waals surface area contributed by atoms with Crippen molar-refractivity contribution >= 4 is 35.1 Å². The van der Waals surface area contributed by atoms with Gasteiger partial charge in [-0.3, -0.25) is 14.2 Å². The van der Waals surface area contributed by atoms with Crippen LogP contribution in [0.15, 0.2) is 63.4 Å². The van der Waals surface area contributed by atoms with E-state index in [1.807, 2.05) is 0 Å². The largest absolute Gasteiger partial charge is 0.573 e. The lowest BCUT2D eigenvalue weighted by Crippen LogP contribution is -2.24. The molecule has 1 N–H and O–H groups in total. The van der Waals surface area contributed by atoms with Crippen LogP contribution in [0.5, 0.6) is 11.5 Å². The van der Waals surface area contributed by atoms with Crippen LogP contribution in [0.3, 0.4) is 0 Å². The zero-order valence-electron chi connectivity index (χ0n) is 17.7. The van der Waals surface area contributed by atoms with Gasteiger partial charge in [-0.1, -0.05) is 11.8 Å². The number of fused-ring (bicyclic) bond motifs is 1. The van der Waals surface area contributed by atoms with Crippen LogP contribution in [0.4, 0.5) is 18.9 Å². The van der Waals surface area contributed by atoms with E-state index in [2.05, 4.69) is 15.0 Å². The van der Waals surface area contributed by atoms with Crippen LogP contribution in [0, 0.1) is 0 Å². The molecule has 1 aromatic heterocycles. The van der Waals surface area contributed by atoms with Gasteiger partial charge in [0.05, 0.1) is 29.1 Å². The smallest absolute Gasteiger partial charge is 0.497 e. The number of hydrogen-bond acceptors (Lipinski definition) is 7. The normalized spacial score (nSPS) is 12.8. The molecule has 1 aliphatic rings. The molecular formula is C22H18F3N3O4S2. The van der Waals surface area contributed by atoms with Crippen molar-refractivity contribution in [3.63, 3.8) is 0 Å². The summed E-state index contributed by atoms with van der Waals surface area (Å²) in [6, 6.07) is 11.8. The molecular weight excluding hydrogens is 491 g/mol. The molecule has 1 aliphatic heterocycles. The van der Waals surface area contributed by atoms with E-state index in [1.165, 1.54) is 28.5 Å². The third-order valence-electron chi connectivity index (χ3n) is 4.70. The van der Waals surface area contributed by atoms with Crippen LogP contribution < -0.4 is 20.3 Å². The number of ether oxygens (including phenoxy) is 2. The number of rotatable bonds is 7. The Morgan fingerprint density at radius 3 is 2.47 bits per heavy atom. The highest BCUT2D eigenvalue weighted by Crippen LogP contribution is 2.31. The van der Waals surface area contributed by atoms with E-state index in [-0.39, 0.29) is 22.4 Å². The number of carbonyl (C=O) groups excluding carboxylic acids is 1. The summed E-state index contributed by atoms with van der Waals surface area (Å²) in [6.45, 7) is 0. The number of methoxy groups -OCH3 is 1. The molecule has 1 amide bonds. The van der Waals surface area contributed by atoms with Crippen molar-refractivity contribution in [1.29, 1.82) is 0 Å². The van der Waals surface area contributed by atoms with Crippen molar-refractivity contribution in [2.45, 2.75) is 22.8 Å². The minimum Gasteiger partial charge on any atom is -0.497 e. The van der Waals surface area contributed by atoms with Gasteiger partial charge in [0.15, 0.2) is 5.16 Å². The third kappa shape index (κ3) is 5.68. The molecule has 34 heavy (non-hydrogen) atoms. The monoisotopic (exact) mass is 509 g/mol. The fourth-order valence-electron chi connectivity index (χ4n) is 3.22. The number of benzene rings is 2. The highest BCUT2D eigenvalue weighted by Gasteiger charge is 2.31. The van der Waals surface area contributed by atoms with Crippen molar-refractivity contribution in [2.24, 2.45) is 0 Å². The van der Waals surface area contributed by atoms with Crippen LogP contribution in [0.25, 0.3) is 5.69 Å². The summed E-state index contributed by atoms with van der Waals surface area (Å²) in [5.41, 5.74) is 1.24. The maximum absolute atomic E-state index is 13.2. The van der Waals surface area contributed by atoms with E-state index in [1.54, 1.807) is 31.4 Å². The van der Waals surface area contributed by atoms with Gasteiger partial charge >= 0.3 is 6.36 Å². The Bertz CT molecular complexity index is 1250. The van der Waals surface area contributed by atoms with E-state index in [4.69, 9.17) is 4.74 Å². The van der Waals surface area contributed by atoms with Crippen molar-refractivity contribution in [3.8, 4) is 17.2 Å². The first-order valence-corrected chi connectivity index (χ1v) is 11.9. The first kappa shape index (κ1) is 24.0. The highest BCUT2D eigenvalue weighted by molar-refractivity contribution is 8.00. The van der Waals surface area contributed by atoms with Crippen molar-refractivity contribution in [2.75, 3.05) is 23.9 Å². The molecule has 4 rings (SSSR count). The number of thioether (sulfide) groups is 2. The third-order valence-corrected chi connectivity index (χ3v) is 6.75. The molecule has 3 aromatic rings. The maximum atomic E-state index is 13.2. The molecule has 2 heterocycles. The van der Waals surface area contributed by atoms with Gasteiger partial charge in [0, 0.05) is 17.9 Å². The van der Waals surface area contributed by atoms with Crippen LogP contribution >= 0.6 is 23.5 Å². The quantitative estimate of drug-likeness (QED) is 0.371. The molecule has 0 bridgehead atoms. The Morgan fingerprint density at radius 2 is 1.82 bits per heavy atom. The lowest BCUT2D eigenvalue weighted by atomic mass is 10.3. The van der Waals surface area contributed by atoms with Gasteiger partial charge in [0.1, 0.15) is 11.5 Å². The van der Waals surface area contributed by atoms with Crippen molar-refractivity contribution < 1.29 is 27.4 Å². The molecule has 7 nitrogen and oxygen atoms in total. The Hall–Kier alpha value is -3.12. The predicted octanol–water partition coefficient (Wildman–Crippen LogP) is 4.52. The minimum atomic E-state index is -4.82. The van der Waals surface area contributed by atoms with Gasteiger partial charge in [-0.25, -0.2) is 4.98 Å². The number of nitrogens with zero attached hydrogens (tertiary/aromatic N) is 2. The van der Waals surface area contributed by atoms with Gasteiger partial charge < -0.3 is 14.8 Å². The number of nitrogens with one attached hydrogen (secondary N) is 1. The molecule has 178 valence electrons. The first-order valence-electron chi connectivity index (χ1n) is 9.95. The summed E-state index contributed by atoms with van der Waals surface area (Å²) >= 11 is 2.45. The Kier molecular flexibility index (Phi) is 7.08. The Labute approximate surface area is 200 Å². The second-order valence-electron chi connectivity index (χ2n) is 7.02. The zero-order chi connectivity index (χ0) is 24.3. The van der Waals surface area contributed by atoms with Crippen molar-refractivity contribution in [1.82, 2.24) is 9.55 Å². The molecule has 0 spiro atoms. The van der Waals surface area contributed by atoms with E-state index in [0.29, 0.717) is 39.9 Å². The number of hydrogen-bond donors (Lipinski definition) is 1. The topological polar surface area (TPSA) is 82.5 Å². The molecule has 0 saturated carbocycles. The number of amides is 1. The number of aryl methyl sites for hydroxylation is 1. The standard InChI is InChI=1S/C22H18F3N3O4S2/c1-31-15-6-2-13(3-7-15)26-18(29)12-34-21-27-17-10-11-33-19(17)20(30)28(21)14-4-8-16(9-5-14)32-22(23,24)25/h2-9H,10-12H2,1H3,(H,26,29). The molecule has 0 fully saturated rings. The van der Waals surface area contributed by atoms with E-state index < -0.39 is 12.1 Å². The van der Waals surface area contributed by atoms with E-state index in [9.17, 15) is 22.8 Å². The minimum absolute atomic E-state index is 0.0281. The summed E-state index contributed by atoms with van der Waals surface area (Å²) in [6.07, 6.45) is -4.19. The fraction of sp³-hybridized carbons (Fsp3) is 0.227. The molecule has 0 atom stereocenters. The summed E-state index contributed by atoms with van der Waals surface area (Å²) < 4.78 is 47.7. The molecule has 12 heteroatoms. The number of halogens is 3. The highest BCUT2D eigenvalue weighted by atomic mass is 32.2. The summed E-state index contributed by atoms with van der Waals surface area (Å²) in [5.74, 6) is 0.630. The van der Waals surface area contributed by atoms with Crippen LogP contribution in [0.1, 0.15) is 5.69 Å². The predicted molar refractivity (Wildman–Crippen MR) is 123 cm³/mol. The number of carbonyl (C=O) groups is 1. The lowest BCUT2D eigenvalue weighted by molar-refractivity contribution is -0.274. The van der Waals surface area contributed by atoms with Gasteiger partial charge in [-0.15, -0.1) is 24.9 Å².